The van der Waals surface area contributed by atoms with E-state index in [4.69, 9.17) is 4.74 Å². The monoisotopic (exact) mass is 294 g/mol. The van der Waals surface area contributed by atoms with Crippen LogP contribution in [-0.4, -0.2) is 12.0 Å². The summed E-state index contributed by atoms with van der Waals surface area (Å²) in [7, 11) is 1.34. The van der Waals surface area contributed by atoms with Crippen molar-refractivity contribution in [1.82, 2.24) is 0 Å². The van der Waals surface area contributed by atoms with E-state index in [0.29, 0.717) is 5.69 Å². The van der Waals surface area contributed by atoms with Gasteiger partial charge < -0.3 is 10.1 Å². The van der Waals surface area contributed by atoms with Crippen molar-refractivity contribution in [1.29, 1.82) is 0 Å². The maximum Gasteiger partial charge on any atom is 0.305 e. The zero-order chi connectivity index (χ0) is 15.4. The second-order valence-electron chi connectivity index (χ2n) is 4.21. The van der Waals surface area contributed by atoms with Gasteiger partial charge in [0.25, 0.3) is 0 Å². The molecule has 0 unspecified atom stereocenters. The van der Waals surface area contributed by atoms with Crippen LogP contribution in [0.5, 0.6) is 5.75 Å². The molecular weight excluding hydrogens is 282 g/mol. The molecule has 0 saturated heterocycles. The number of anilines is 1. The van der Waals surface area contributed by atoms with Crippen LogP contribution in [0, 0.1) is 21.7 Å². The molecule has 0 bridgehead atoms. The summed E-state index contributed by atoms with van der Waals surface area (Å²) >= 11 is 0. The zero-order valence-corrected chi connectivity index (χ0v) is 11.1. The molecule has 7 heteroatoms. The van der Waals surface area contributed by atoms with Gasteiger partial charge in [-0.1, -0.05) is 12.1 Å². The molecule has 0 aliphatic carbocycles. The number of nitro groups is 1. The molecule has 2 aromatic carbocycles. The Morgan fingerprint density at radius 1 is 1.29 bits per heavy atom. The van der Waals surface area contributed by atoms with Crippen molar-refractivity contribution in [2.24, 2.45) is 0 Å². The molecule has 0 amide bonds. The van der Waals surface area contributed by atoms with Gasteiger partial charge in [-0.25, -0.2) is 4.39 Å². The van der Waals surface area contributed by atoms with Gasteiger partial charge in [0, 0.05) is 29.9 Å². The number of rotatable bonds is 5. The average molecular weight is 294 g/mol. The largest absolute Gasteiger partial charge is 0.494 e. The number of nitrogens with zero attached hydrogens (tertiary/aromatic N) is 1. The number of benzene rings is 2. The Labute approximate surface area is 119 Å². The van der Waals surface area contributed by atoms with Gasteiger partial charge in [0.15, 0.2) is 11.6 Å². The first-order valence-corrected chi connectivity index (χ1v) is 6.02. The van der Waals surface area contributed by atoms with Crippen LogP contribution < -0.4 is 10.1 Å². The van der Waals surface area contributed by atoms with Crippen LogP contribution in [-0.2, 0) is 6.54 Å². The number of nitrogens with one attached hydrogen (secondary N) is 1. The first-order valence-electron chi connectivity index (χ1n) is 6.02. The maximum atomic E-state index is 13.9. The minimum atomic E-state index is -0.885. The lowest BCUT2D eigenvalue weighted by Gasteiger charge is -2.09. The summed E-state index contributed by atoms with van der Waals surface area (Å²) in [6, 6.07) is 8.04. The van der Waals surface area contributed by atoms with Crippen molar-refractivity contribution in [3.05, 3.63) is 63.7 Å². The van der Waals surface area contributed by atoms with Gasteiger partial charge in [-0.15, -0.1) is 0 Å². The lowest BCUT2D eigenvalue weighted by atomic mass is 10.1. The smallest absolute Gasteiger partial charge is 0.305 e. The molecule has 5 nitrogen and oxygen atoms in total. The standard InChI is InChI=1S/C14H12F2N2O3/c1-21-13-7-10(5-6-11(13)15)17-8-9-3-2-4-12(14(9)16)18(19)20/h2-7,17H,8H2,1H3. The number of halogens is 2. The van der Waals surface area contributed by atoms with Crippen LogP contribution in [0.3, 0.4) is 0 Å². The SMILES string of the molecule is COc1cc(NCc2cccc([N+](=O)[O-])c2F)ccc1F. The summed E-state index contributed by atoms with van der Waals surface area (Å²) in [5.74, 6) is -1.34. The first kappa shape index (κ1) is 14.7. The second kappa shape index (κ2) is 6.17. The van der Waals surface area contributed by atoms with E-state index in [1.165, 1.54) is 37.4 Å². The minimum Gasteiger partial charge on any atom is -0.494 e. The quantitative estimate of drug-likeness (QED) is 0.677. The van der Waals surface area contributed by atoms with E-state index in [1.807, 2.05) is 0 Å². The highest BCUT2D eigenvalue weighted by atomic mass is 19.1. The van der Waals surface area contributed by atoms with E-state index in [1.54, 1.807) is 0 Å². The fourth-order valence-corrected chi connectivity index (χ4v) is 1.81. The normalized spacial score (nSPS) is 10.2. The van der Waals surface area contributed by atoms with Gasteiger partial charge in [0.05, 0.1) is 12.0 Å². The molecule has 0 fully saturated rings. The number of nitro benzene ring substituents is 1. The first-order chi connectivity index (χ1) is 10.0. The highest BCUT2D eigenvalue weighted by Gasteiger charge is 2.16. The maximum absolute atomic E-state index is 13.9. The number of hydrogen-bond acceptors (Lipinski definition) is 4. The Bertz CT molecular complexity index is 677. The van der Waals surface area contributed by atoms with E-state index in [0.717, 1.165) is 6.07 Å². The van der Waals surface area contributed by atoms with Gasteiger partial charge >= 0.3 is 5.69 Å². The Balaban J connectivity index is 2.17. The van der Waals surface area contributed by atoms with Crippen molar-refractivity contribution in [2.75, 3.05) is 12.4 Å². The average Bonchev–Trinajstić information content (AvgIpc) is 2.47. The Kier molecular flexibility index (Phi) is 4.32. The molecular formula is C14H12F2N2O3. The molecule has 1 N–H and O–H groups in total. The molecule has 0 aliphatic rings. The Hall–Kier alpha value is -2.70. The van der Waals surface area contributed by atoms with Crippen molar-refractivity contribution in [3.63, 3.8) is 0 Å². The molecule has 21 heavy (non-hydrogen) atoms. The van der Waals surface area contributed by atoms with Crippen LogP contribution in [0.2, 0.25) is 0 Å². The van der Waals surface area contributed by atoms with Crippen LogP contribution in [0.1, 0.15) is 5.56 Å². The third-order valence-corrected chi connectivity index (χ3v) is 2.89. The molecule has 0 saturated carbocycles. The summed E-state index contributed by atoms with van der Waals surface area (Å²) in [5.41, 5.74) is 0.0811. The van der Waals surface area contributed by atoms with E-state index in [9.17, 15) is 18.9 Å². The number of methoxy groups -OCH3 is 1. The van der Waals surface area contributed by atoms with Crippen LogP contribution >= 0.6 is 0 Å². The minimum absolute atomic E-state index is 0.0301. The van der Waals surface area contributed by atoms with Crippen molar-refractivity contribution in [3.8, 4) is 5.75 Å². The summed E-state index contributed by atoms with van der Waals surface area (Å²) in [6.45, 7) is 0.0301. The molecule has 0 radical (unpaired) electrons. The molecule has 2 rings (SSSR count). The predicted molar refractivity (Wildman–Crippen MR) is 73.3 cm³/mol. The van der Waals surface area contributed by atoms with Gasteiger partial charge in [0.2, 0.25) is 5.82 Å². The zero-order valence-electron chi connectivity index (χ0n) is 11.1. The highest BCUT2D eigenvalue weighted by molar-refractivity contribution is 5.49. The predicted octanol–water partition coefficient (Wildman–Crippen LogP) is 3.49. The third kappa shape index (κ3) is 3.25. The summed E-state index contributed by atoms with van der Waals surface area (Å²) in [4.78, 5) is 9.88. The fraction of sp³-hybridized carbons (Fsp3) is 0.143. The molecule has 0 spiro atoms. The highest BCUT2D eigenvalue weighted by Crippen LogP contribution is 2.24. The summed E-state index contributed by atoms with van der Waals surface area (Å²) in [5, 5.41) is 13.5. The summed E-state index contributed by atoms with van der Waals surface area (Å²) in [6.07, 6.45) is 0. The van der Waals surface area contributed by atoms with Gasteiger partial charge in [0.1, 0.15) is 0 Å². The summed E-state index contributed by atoms with van der Waals surface area (Å²) < 4.78 is 32.0. The van der Waals surface area contributed by atoms with Crippen LogP contribution in [0.15, 0.2) is 36.4 Å². The molecule has 0 aliphatic heterocycles. The number of ether oxygens (including phenoxy) is 1. The van der Waals surface area contributed by atoms with E-state index >= 15 is 0 Å². The van der Waals surface area contributed by atoms with Crippen molar-refractivity contribution < 1.29 is 18.4 Å². The third-order valence-electron chi connectivity index (χ3n) is 2.89. The molecule has 0 aromatic heterocycles. The molecule has 110 valence electrons. The van der Waals surface area contributed by atoms with E-state index in [2.05, 4.69) is 5.32 Å². The molecule has 0 atom stereocenters. The Morgan fingerprint density at radius 2 is 2.05 bits per heavy atom. The molecule has 2 aromatic rings. The van der Waals surface area contributed by atoms with Crippen LogP contribution in [0.4, 0.5) is 20.2 Å². The van der Waals surface area contributed by atoms with Gasteiger partial charge in [-0.2, -0.15) is 4.39 Å². The second-order valence-corrected chi connectivity index (χ2v) is 4.21. The fourth-order valence-electron chi connectivity index (χ4n) is 1.81. The molecule has 0 heterocycles. The number of hydrogen-bond donors (Lipinski definition) is 1. The van der Waals surface area contributed by atoms with E-state index in [-0.39, 0.29) is 17.9 Å². The topological polar surface area (TPSA) is 64.4 Å². The lowest BCUT2D eigenvalue weighted by molar-refractivity contribution is -0.387. The Morgan fingerprint density at radius 3 is 2.71 bits per heavy atom. The van der Waals surface area contributed by atoms with Crippen molar-refractivity contribution >= 4 is 11.4 Å². The van der Waals surface area contributed by atoms with Crippen LogP contribution in [0.25, 0.3) is 0 Å². The lowest BCUT2D eigenvalue weighted by Crippen LogP contribution is -2.04. The van der Waals surface area contributed by atoms with Crippen molar-refractivity contribution in [2.45, 2.75) is 6.54 Å². The van der Waals surface area contributed by atoms with E-state index < -0.39 is 22.2 Å². The van der Waals surface area contributed by atoms with Gasteiger partial charge in [-0.05, 0) is 12.1 Å². The van der Waals surface area contributed by atoms with Gasteiger partial charge in [-0.3, -0.25) is 10.1 Å².